The Hall–Kier alpha value is -1.65. The Labute approximate surface area is 94.3 Å². The summed E-state index contributed by atoms with van der Waals surface area (Å²) in [4.78, 5) is 33.8. The molecule has 0 aromatic carbocycles. The average Bonchev–Trinajstić information content (AvgIpc) is 2.22. The molecule has 1 atom stereocenters. The standard InChI is InChI=1S/C11H16N2O3/c1-3-4-7(2)10(15)12-8-5-6-9(14)13-11(8)16/h4,8H,3,5-6H2,1-2H3,(H,12,15)(H,13,14,16). The molecule has 0 aromatic heterocycles. The molecule has 1 heterocycles. The van der Waals surface area contributed by atoms with Crippen molar-refractivity contribution in [2.45, 2.75) is 39.2 Å². The molecule has 0 radical (unpaired) electrons. The molecule has 5 heteroatoms. The number of nitrogens with one attached hydrogen (secondary N) is 2. The number of carbonyl (C=O) groups is 3. The molecule has 1 aliphatic heterocycles. The maximum atomic E-state index is 11.6. The summed E-state index contributed by atoms with van der Waals surface area (Å²) in [6.45, 7) is 3.63. The molecule has 88 valence electrons. The van der Waals surface area contributed by atoms with Crippen LogP contribution in [0.3, 0.4) is 0 Å². The highest BCUT2D eigenvalue weighted by atomic mass is 16.2. The molecule has 2 N–H and O–H groups in total. The molecular formula is C11H16N2O3. The fourth-order valence-corrected chi connectivity index (χ4v) is 1.50. The van der Waals surface area contributed by atoms with Crippen LogP contribution in [0, 0.1) is 0 Å². The van der Waals surface area contributed by atoms with Crippen molar-refractivity contribution in [1.82, 2.24) is 10.6 Å². The molecule has 16 heavy (non-hydrogen) atoms. The topological polar surface area (TPSA) is 75.3 Å². The number of allylic oxidation sites excluding steroid dienone is 1. The molecular weight excluding hydrogens is 208 g/mol. The Balaban J connectivity index is 2.55. The van der Waals surface area contributed by atoms with Gasteiger partial charge in [-0.25, -0.2) is 0 Å². The van der Waals surface area contributed by atoms with Gasteiger partial charge in [-0.3, -0.25) is 19.7 Å². The van der Waals surface area contributed by atoms with E-state index in [1.807, 2.05) is 6.92 Å². The van der Waals surface area contributed by atoms with Crippen molar-refractivity contribution in [3.8, 4) is 0 Å². The van der Waals surface area contributed by atoms with Gasteiger partial charge in [-0.1, -0.05) is 13.0 Å². The van der Waals surface area contributed by atoms with Crippen LogP contribution in [0.4, 0.5) is 0 Å². The van der Waals surface area contributed by atoms with Crippen molar-refractivity contribution in [1.29, 1.82) is 0 Å². The van der Waals surface area contributed by atoms with Crippen molar-refractivity contribution >= 4 is 17.7 Å². The van der Waals surface area contributed by atoms with Crippen LogP contribution in [0.15, 0.2) is 11.6 Å². The number of amides is 3. The molecule has 1 saturated heterocycles. The second-order valence-electron chi connectivity index (χ2n) is 3.77. The van der Waals surface area contributed by atoms with Crippen LogP contribution >= 0.6 is 0 Å². The summed E-state index contributed by atoms with van der Waals surface area (Å²) in [7, 11) is 0. The molecule has 1 unspecified atom stereocenters. The van der Waals surface area contributed by atoms with Gasteiger partial charge in [0.25, 0.3) is 0 Å². The van der Waals surface area contributed by atoms with Crippen LogP contribution in [0.5, 0.6) is 0 Å². The average molecular weight is 224 g/mol. The Morgan fingerprint density at radius 1 is 1.56 bits per heavy atom. The minimum atomic E-state index is -0.592. The third-order valence-electron chi connectivity index (χ3n) is 2.41. The van der Waals surface area contributed by atoms with Crippen LogP contribution in [0.2, 0.25) is 0 Å². The Morgan fingerprint density at radius 3 is 2.81 bits per heavy atom. The molecule has 0 bridgehead atoms. The molecule has 0 aromatic rings. The lowest BCUT2D eigenvalue weighted by atomic mass is 10.1. The minimum absolute atomic E-state index is 0.253. The largest absolute Gasteiger partial charge is 0.341 e. The summed E-state index contributed by atoms with van der Waals surface area (Å²) in [5, 5.41) is 4.80. The van der Waals surface area contributed by atoms with Gasteiger partial charge in [-0.2, -0.15) is 0 Å². The summed E-state index contributed by atoms with van der Waals surface area (Å²) in [5.41, 5.74) is 0.590. The van der Waals surface area contributed by atoms with E-state index in [0.29, 0.717) is 12.0 Å². The Morgan fingerprint density at radius 2 is 2.25 bits per heavy atom. The molecule has 1 aliphatic rings. The highest BCUT2D eigenvalue weighted by Crippen LogP contribution is 2.05. The molecule has 1 fully saturated rings. The van der Waals surface area contributed by atoms with E-state index in [0.717, 1.165) is 6.42 Å². The van der Waals surface area contributed by atoms with E-state index in [1.54, 1.807) is 13.0 Å². The van der Waals surface area contributed by atoms with Gasteiger partial charge >= 0.3 is 0 Å². The smallest absolute Gasteiger partial charge is 0.249 e. The molecule has 0 aliphatic carbocycles. The highest BCUT2D eigenvalue weighted by Gasteiger charge is 2.27. The Bertz CT molecular complexity index is 347. The predicted octanol–water partition coefficient (Wildman–Crippen LogP) is 0.264. The van der Waals surface area contributed by atoms with Gasteiger partial charge in [0.1, 0.15) is 6.04 Å². The van der Waals surface area contributed by atoms with Crippen LogP contribution in [0.1, 0.15) is 33.1 Å². The zero-order valence-corrected chi connectivity index (χ0v) is 9.50. The molecule has 5 nitrogen and oxygen atoms in total. The minimum Gasteiger partial charge on any atom is -0.341 e. The second-order valence-corrected chi connectivity index (χ2v) is 3.77. The highest BCUT2D eigenvalue weighted by molar-refractivity contribution is 6.03. The summed E-state index contributed by atoms with van der Waals surface area (Å²) in [6, 6.07) is -0.592. The van der Waals surface area contributed by atoms with Crippen molar-refractivity contribution in [3.63, 3.8) is 0 Å². The van der Waals surface area contributed by atoms with Crippen LogP contribution < -0.4 is 10.6 Å². The van der Waals surface area contributed by atoms with Crippen LogP contribution in [0.25, 0.3) is 0 Å². The second kappa shape index (κ2) is 5.44. The number of hydrogen-bond acceptors (Lipinski definition) is 3. The quantitative estimate of drug-likeness (QED) is 0.533. The first-order valence-electron chi connectivity index (χ1n) is 5.36. The number of piperidine rings is 1. The molecule has 0 spiro atoms. The number of rotatable bonds is 3. The zero-order valence-electron chi connectivity index (χ0n) is 9.50. The zero-order chi connectivity index (χ0) is 12.1. The SMILES string of the molecule is CCC=C(C)C(=O)NC1CCC(=O)NC1=O. The van der Waals surface area contributed by atoms with E-state index in [-0.39, 0.29) is 18.2 Å². The van der Waals surface area contributed by atoms with E-state index >= 15 is 0 Å². The summed E-state index contributed by atoms with van der Waals surface area (Å²) < 4.78 is 0. The van der Waals surface area contributed by atoms with E-state index < -0.39 is 11.9 Å². The van der Waals surface area contributed by atoms with Crippen LogP contribution in [-0.2, 0) is 14.4 Å². The number of hydrogen-bond donors (Lipinski definition) is 2. The first-order chi connectivity index (χ1) is 7.54. The molecule has 0 saturated carbocycles. The van der Waals surface area contributed by atoms with E-state index in [1.165, 1.54) is 0 Å². The fraction of sp³-hybridized carbons (Fsp3) is 0.545. The normalized spacial score (nSPS) is 21.6. The van der Waals surface area contributed by atoms with Gasteiger partial charge < -0.3 is 5.32 Å². The maximum absolute atomic E-state index is 11.6. The van der Waals surface area contributed by atoms with Gasteiger partial charge in [-0.05, 0) is 19.8 Å². The lowest BCUT2D eigenvalue weighted by Gasteiger charge is -2.21. The van der Waals surface area contributed by atoms with Crippen molar-refractivity contribution in [2.75, 3.05) is 0 Å². The summed E-state index contributed by atoms with van der Waals surface area (Å²) in [5.74, 6) is -0.957. The van der Waals surface area contributed by atoms with Gasteiger partial charge in [0.05, 0.1) is 0 Å². The van der Waals surface area contributed by atoms with Gasteiger partial charge in [0.2, 0.25) is 17.7 Å². The fourth-order valence-electron chi connectivity index (χ4n) is 1.50. The summed E-state index contributed by atoms with van der Waals surface area (Å²) >= 11 is 0. The Kier molecular flexibility index (Phi) is 4.22. The van der Waals surface area contributed by atoms with E-state index in [2.05, 4.69) is 10.6 Å². The molecule has 3 amide bonds. The monoisotopic (exact) mass is 224 g/mol. The molecule has 1 rings (SSSR count). The number of carbonyl (C=O) groups excluding carboxylic acids is 3. The van der Waals surface area contributed by atoms with Gasteiger partial charge in [-0.15, -0.1) is 0 Å². The first kappa shape index (κ1) is 12.4. The van der Waals surface area contributed by atoms with Gasteiger partial charge in [0.15, 0.2) is 0 Å². The van der Waals surface area contributed by atoms with E-state index in [9.17, 15) is 14.4 Å². The predicted molar refractivity (Wildman–Crippen MR) is 58.4 cm³/mol. The summed E-state index contributed by atoms with van der Waals surface area (Å²) in [6.07, 6.45) is 3.21. The van der Waals surface area contributed by atoms with Crippen molar-refractivity contribution < 1.29 is 14.4 Å². The van der Waals surface area contributed by atoms with Gasteiger partial charge in [0, 0.05) is 12.0 Å². The lowest BCUT2D eigenvalue weighted by Crippen LogP contribution is -2.52. The van der Waals surface area contributed by atoms with Crippen molar-refractivity contribution in [3.05, 3.63) is 11.6 Å². The van der Waals surface area contributed by atoms with Crippen molar-refractivity contribution in [2.24, 2.45) is 0 Å². The van der Waals surface area contributed by atoms with E-state index in [4.69, 9.17) is 0 Å². The van der Waals surface area contributed by atoms with Crippen LogP contribution in [-0.4, -0.2) is 23.8 Å². The first-order valence-corrected chi connectivity index (χ1v) is 5.36. The lowest BCUT2D eigenvalue weighted by molar-refractivity contribution is -0.136. The maximum Gasteiger partial charge on any atom is 0.249 e. The third-order valence-corrected chi connectivity index (χ3v) is 2.41. The third kappa shape index (κ3) is 3.18. The number of imide groups is 1.